The molecule has 0 unspecified atom stereocenters. The van der Waals surface area contributed by atoms with Crippen molar-refractivity contribution in [1.29, 1.82) is 0 Å². The fourth-order valence-corrected chi connectivity index (χ4v) is 7.92. The molecule has 0 aliphatic rings. The number of hydrogen-bond acceptors (Lipinski definition) is 2. The minimum absolute atomic E-state index is 0.0606. The Morgan fingerprint density at radius 3 is 0.879 bits per heavy atom. The summed E-state index contributed by atoms with van der Waals surface area (Å²) in [5.74, 6) is 0. The first-order valence-corrected chi connectivity index (χ1v) is 20.6. The van der Waals surface area contributed by atoms with Gasteiger partial charge in [-0.15, -0.1) is 0 Å². The van der Waals surface area contributed by atoms with Crippen LogP contribution in [-0.4, -0.2) is 0 Å². The largest absolute Gasteiger partial charge is 0.310 e. The van der Waals surface area contributed by atoms with Crippen LogP contribution in [0.25, 0.3) is 10.8 Å². The summed E-state index contributed by atoms with van der Waals surface area (Å²) < 4.78 is 0. The SMILES string of the molecule is CC(C)(C)c1ccc(N(c2ccc(Cc3ccccc3)cc2)c2ccc(N(c3ccc(Cc4ccccc4)cc3)c3ccc(C(C)(C)C)cc3)c3ccccc23)cc1. The van der Waals surface area contributed by atoms with Crippen LogP contribution in [0.15, 0.2) is 194 Å². The van der Waals surface area contributed by atoms with Crippen molar-refractivity contribution in [1.82, 2.24) is 0 Å². The van der Waals surface area contributed by atoms with Gasteiger partial charge in [0, 0.05) is 33.5 Å². The molecule has 0 amide bonds. The van der Waals surface area contributed by atoms with E-state index < -0.39 is 0 Å². The molecule has 0 saturated carbocycles. The predicted octanol–water partition coefficient (Wildman–Crippen LogP) is 15.6. The van der Waals surface area contributed by atoms with Crippen molar-refractivity contribution in [2.45, 2.75) is 65.2 Å². The molecule has 0 spiro atoms. The summed E-state index contributed by atoms with van der Waals surface area (Å²) in [6, 6.07) is 71.4. The van der Waals surface area contributed by atoms with Crippen LogP contribution in [0.3, 0.4) is 0 Å². The summed E-state index contributed by atoms with van der Waals surface area (Å²) in [6.45, 7) is 13.6. The molecule has 0 saturated heterocycles. The number of fused-ring (bicyclic) bond motifs is 1. The van der Waals surface area contributed by atoms with Crippen molar-refractivity contribution in [2.24, 2.45) is 0 Å². The van der Waals surface area contributed by atoms with Gasteiger partial charge >= 0.3 is 0 Å². The number of benzene rings is 8. The highest BCUT2D eigenvalue weighted by Crippen LogP contribution is 2.46. The Morgan fingerprint density at radius 2 is 0.569 bits per heavy atom. The monoisotopic (exact) mass is 754 g/mol. The van der Waals surface area contributed by atoms with Crippen LogP contribution in [0.1, 0.15) is 74.9 Å². The molecule has 0 aromatic heterocycles. The maximum atomic E-state index is 2.42. The maximum Gasteiger partial charge on any atom is 0.0541 e. The van der Waals surface area contributed by atoms with Crippen LogP contribution < -0.4 is 9.80 Å². The van der Waals surface area contributed by atoms with E-state index in [0.29, 0.717) is 0 Å². The minimum Gasteiger partial charge on any atom is -0.310 e. The van der Waals surface area contributed by atoms with Crippen LogP contribution >= 0.6 is 0 Å². The second-order valence-corrected chi connectivity index (χ2v) is 17.6. The van der Waals surface area contributed by atoms with Crippen molar-refractivity contribution in [3.05, 3.63) is 228 Å². The molecule has 0 aliphatic heterocycles. The summed E-state index contributed by atoms with van der Waals surface area (Å²) in [6.07, 6.45) is 1.80. The van der Waals surface area contributed by atoms with E-state index in [1.165, 1.54) is 44.2 Å². The fraction of sp³-hybridized carbons (Fsp3) is 0.179. The zero-order valence-corrected chi connectivity index (χ0v) is 34.8. The van der Waals surface area contributed by atoms with Crippen molar-refractivity contribution in [2.75, 3.05) is 9.80 Å². The lowest BCUT2D eigenvalue weighted by molar-refractivity contribution is 0.590. The topological polar surface area (TPSA) is 6.48 Å². The number of anilines is 6. The molecule has 2 heteroatoms. The third kappa shape index (κ3) is 8.48. The molecular formula is C56H54N2. The third-order valence-electron chi connectivity index (χ3n) is 11.2. The van der Waals surface area contributed by atoms with Gasteiger partial charge in [0.1, 0.15) is 0 Å². The molecule has 0 heterocycles. The normalized spacial score (nSPS) is 11.8. The Labute approximate surface area is 346 Å². The first-order valence-electron chi connectivity index (χ1n) is 20.6. The fourth-order valence-electron chi connectivity index (χ4n) is 7.92. The summed E-state index contributed by atoms with van der Waals surface area (Å²) in [7, 11) is 0. The second-order valence-electron chi connectivity index (χ2n) is 17.6. The lowest BCUT2D eigenvalue weighted by Crippen LogP contribution is -2.15. The third-order valence-corrected chi connectivity index (χ3v) is 11.2. The van der Waals surface area contributed by atoms with Crippen molar-refractivity contribution in [3.8, 4) is 0 Å². The maximum absolute atomic E-state index is 2.42. The van der Waals surface area contributed by atoms with Crippen molar-refractivity contribution in [3.63, 3.8) is 0 Å². The van der Waals surface area contributed by atoms with Gasteiger partial charge in [-0.2, -0.15) is 0 Å². The lowest BCUT2D eigenvalue weighted by atomic mass is 9.87. The number of nitrogens with zero attached hydrogens (tertiary/aromatic N) is 2. The molecule has 8 aromatic carbocycles. The van der Waals surface area contributed by atoms with Gasteiger partial charge in [0.15, 0.2) is 0 Å². The molecular weight excluding hydrogens is 701 g/mol. The zero-order chi connectivity index (χ0) is 40.3. The van der Waals surface area contributed by atoms with E-state index in [9.17, 15) is 0 Å². The molecule has 0 aliphatic carbocycles. The zero-order valence-electron chi connectivity index (χ0n) is 34.8. The van der Waals surface area contributed by atoms with Gasteiger partial charge in [0.05, 0.1) is 11.4 Å². The number of hydrogen-bond donors (Lipinski definition) is 0. The second kappa shape index (κ2) is 16.2. The van der Waals surface area contributed by atoms with Crippen LogP contribution in [0, 0.1) is 0 Å². The Hall–Kier alpha value is -6.38. The van der Waals surface area contributed by atoms with Gasteiger partial charge in [0.25, 0.3) is 0 Å². The molecule has 8 aromatic rings. The molecule has 0 N–H and O–H groups in total. The van der Waals surface area contributed by atoms with E-state index in [-0.39, 0.29) is 10.8 Å². The van der Waals surface area contributed by atoms with Gasteiger partial charge in [0.2, 0.25) is 0 Å². The Morgan fingerprint density at radius 1 is 0.293 bits per heavy atom. The smallest absolute Gasteiger partial charge is 0.0541 e. The highest BCUT2D eigenvalue weighted by atomic mass is 15.2. The first-order chi connectivity index (χ1) is 28.0. The molecule has 2 nitrogen and oxygen atoms in total. The van der Waals surface area contributed by atoms with E-state index in [2.05, 4.69) is 245 Å². The van der Waals surface area contributed by atoms with Gasteiger partial charge in [-0.3, -0.25) is 0 Å². The standard InChI is InChI=1S/C56H54N2/c1-55(2,3)45-25-33-49(34-26-45)57(47-29-21-43(22-30-47)39-41-15-9-7-10-16-41)53-37-38-54(52-20-14-13-19-51(52)53)58(50-35-27-46(28-36-50)56(4,5)6)48-31-23-44(24-32-48)40-42-17-11-8-12-18-42/h7-38H,39-40H2,1-6H3. The van der Waals surface area contributed by atoms with Gasteiger partial charge < -0.3 is 9.80 Å². The van der Waals surface area contributed by atoms with Crippen LogP contribution in [0.5, 0.6) is 0 Å². The molecule has 8 rings (SSSR count). The van der Waals surface area contributed by atoms with E-state index in [0.717, 1.165) is 47.0 Å². The molecule has 0 fully saturated rings. The molecule has 0 bridgehead atoms. The van der Waals surface area contributed by atoms with Gasteiger partial charge in [-0.1, -0.05) is 175 Å². The highest BCUT2D eigenvalue weighted by Gasteiger charge is 2.23. The lowest BCUT2D eigenvalue weighted by Gasteiger charge is -2.31. The van der Waals surface area contributed by atoms with Crippen LogP contribution in [-0.2, 0) is 23.7 Å². The Kier molecular flexibility index (Phi) is 10.8. The van der Waals surface area contributed by atoms with Gasteiger partial charge in [-0.05, 0) is 118 Å². The van der Waals surface area contributed by atoms with E-state index in [1.807, 2.05) is 0 Å². The average molecular weight is 755 g/mol. The first kappa shape index (κ1) is 38.5. The number of rotatable bonds is 10. The molecule has 0 atom stereocenters. The van der Waals surface area contributed by atoms with Crippen molar-refractivity contribution < 1.29 is 0 Å². The van der Waals surface area contributed by atoms with Crippen LogP contribution in [0.4, 0.5) is 34.1 Å². The quantitative estimate of drug-likeness (QED) is 0.137. The summed E-state index contributed by atoms with van der Waals surface area (Å²) in [5, 5.41) is 2.37. The van der Waals surface area contributed by atoms with E-state index >= 15 is 0 Å². The predicted molar refractivity (Wildman–Crippen MR) is 249 cm³/mol. The van der Waals surface area contributed by atoms with Crippen LogP contribution in [0.2, 0.25) is 0 Å². The minimum atomic E-state index is 0.0606. The average Bonchev–Trinajstić information content (AvgIpc) is 3.23. The Bertz CT molecular complexity index is 2390. The summed E-state index contributed by atoms with van der Waals surface area (Å²) >= 11 is 0. The summed E-state index contributed by atoms with van der Waals surface area (Å²) in [5.41, 5.74) is 14.8. The summed E-state index contributed by atoms with van der Waals surface area (Å²) in [4.78, 5) is 4.84. The molecule has 58 heavy (non-hydrogen) atoms. The molecule has 288 valence electrons. The molecule has 0 radical (unpaired) electrons. The Balaban J connectivity index is 1.25. The van der Waals surface area contributed by atoms with Crippen molar-refractivity contribution >= 4 is 44.9 Å². The van der Waals surface area contributed by atoms with Gasteiger partial charge in [-0.25, -0.2) is 0 Å². The highest BCUT2D eigenvalue weighted by molar-refractivity contribution is 6.07. The van der Waals surface area contributed by atoms with E-state index in [1.54, 1.807) is 0 Å². The van der Waals surface area contributed by atoms with E-state index in [4.69, 9.17) is 0 Å².